The van der Waals surface area contributed by atoms with Gasteiger partial charge in [0.15, 0.2) is 0 Å². The number of aromatic nitrogens is 2. The predicted molar refractivity (Wildman–Crippen MR) is 160 cm³/mol. The van der Waals surface area contributed by atoms with Crippen molar-refractivity contribution in [2.45, 2.75) is 37.8 Å². The Morgan fingerprint density at radius 3 is 2.62 bits per heavy atom. The van der Waals surface area contributed by atoms with E-state index < -0.39 is 11.0 Å². The quantitative estimate of drug-likeness (QED) is 0.400. The van der Waals surface area contributed by atoms with E-state index in [1.54, 1.807) is 13.4 Å². The van der Waals surface area contributed by atoms with E-state index in [0.29, 0.717) is 29.7 Å². The molecule has 2 N–H and O–H groups in total. The Balaban J connectivity index is 1.58. The van der Waals surface area contributed by atoms with Crippen LogP contribution in [0.4, 0.5) is 23.0 Å². The van der Waals surface area contributed by atoms with Crippen LogP contribution in [0.5, 0.6) is 11.6 Å². The maximum Gasteiger partial charge on any atom is 0.247 e. The van der Waals surface area contributed by atoms with Crippen LogP contribution in [-0.4, -0.2) is 95.1 Å². The van der Waals surface area contributed by atoms with E-state index in [2.05, 4.69) is 51.1 Å². The van der Waals surface area contributed by atoms with Gasteiger partial charge in [-0.25, -0.2) is 13.5 Å². The Hall–Kier alpha value is -2.93. The third-order valence-electron chi connectivity index (χ3n) is 7.24. The van der Waals surface area contributed by atoms with Crippen molar-refractivity contribution in [2.24, 2.45) is 0 Å². The second-order valence-corrected chi connectivity index (χ2v) is 11.9. The van der Waals surface area contributed by atoms with Crippen LogP contribution in [0.3, 0.4) is 0 Å². The molecule has 0 saturated carbocycles. The average Bonchev–Trinajstić information content (AvgIpc) is 2.95. The van der Waals surface area contributed by atoms with Crippen molar-refractivity contribution in [1.82, 2.24) is 19.2 Å². The fourth-order valence-electron chi connectivity index (χ4n) is 5.01. The smallest absolute Gasteiger partial charge is 0.247 e. The first-order chi connectivity index (χ1) is 19.2. The second kappa shape index (κ2) is 13.6. The van der Waals surface area contributed by atoms with Crippen molar-refractivity contribution in [1.29, 1.82) is 0 Å². The van der Waals surface area contributed by atoms with Crippen LogP contribution >= 0.6 is 11.6 Å². The number of benzene rings is 1. The molecule has 2 saturated heterocycles. The summed E-state index contributed by atoms with van der Waals surface area (Å²) in [5.41, 5.74) is 2.05. The standard InChI is InChI=1S/C27H38ClN7O4S/c1-6-25(36)30-21-14-22(24(38-4)15-23(21)34-12-9-18(10-13-34)33(2)3)31-27-29-16-20(28)26(32-27)39-19-8-7-11-35(17-19)40(5)37/h6,14-16,18-19H,1,7-13,17H2,2-5H3,(H,30,36)(H,29,31,32). The van der Waals surface area contributed by atoms with E-state index in [9.17, 15) is 9.00 Å². The zero-order chi connectivity index (χ0) is 28.8. The minimum Gasteiger partial charge on any atom is -0.494 e. The first-order valence-corrected chi connectivity index (χ1v) is 15.2. The van der Waals surface area contributed by atoms with Gasteiger partial charge in [-0.2, -0.15) is 4.98 Å². The molecule has 2 atom stereocenters. The molecular formula is C27H38ClN7O4S. The molecule has 2 aromatic rings. The number of nitrogens with one attached hydrogen (secondary N) is 2. The number of anilines is 4. The third kappa shape index (κ3) is 7.42. The van der Waals surface area contributed by atoms with Crippen molar-refractivity contribution < 1.29 is 18.5 Å². The number of carbonyl (C=O) groups is 1. The molecule has 40 heavy (non-hydrogen) atoms. The van der Waals surface area contributed by atoms with Crippen molar-refractivity contribution in [3.8, 4) is 11.6 Å². The molecule has 0 aliphatic carbocycles. The lowest BCUT2D eigenvalue weighted by molar-refractivity contribution is -0.111. The van der Waals surface area contributed by atoms with Gasteiger partial charge in [-0.05, 0) is 51.9 Å². The number of ether oxygens (including phenoxy) is 2. The Morgan fingerprint density at radius 2 is 1.98 bits per heavy atom. The highest BCUT2D eigenvalue weighted by Crippen LogP contribution is 2.39. The van der Waals surface area contributed by atoms with E-state index in [1.807, 2.05) is 16.4 Å². The fourth-order valence-corrected chi connectivity index (χ4v) is 5.91. The Bertz CT molecular complexity index is 1240. The summed E-state index contributed by atoms with van der Waals surface area (Å²) in [6.07, 6.45) is 7.89. The van der Waals surface area contributed by atoms with Gasteiger partial charge in [0.2, 0.25) is 17.7 Å². The van der Waals surface area contributed by atoms with E-state index in [0.717, 1.165) is 51.0 Å². The van der Waals surface area contributed by atoms with Crippen LogP contribution in [0.15, 0.2) is 31.0 Å². The molecule has 13 heteroatoms. The van der Waals surface area contributed by atoms with Gasteiger partial charge in [-0.3, -0.25) is 4.79 Å². The number of piperidine rings is 2. The van der Waals surface area contributed by atoms with E-state index in [1.165, 1.54) is 12.3 Å². The van der Waals surface area contributed by atoms with Crippen molar-refractivity contribution in [3.63, 3.8) is 0 Å². The number of methoxy groups -OCH3 is 1. The molecule has 2 aliphatic rings. The molecule has 1 aromatic heterocycles. The Morgan fingerprint density at radius 1 is 1.23 bits per heavy atom. The van der Waals surface area contributed by atoms with Gasteiger partial charge in [0.25, 0.3) is 0 Å². The molecule has 2 unspecified atom stereocenters. The first kappa shape index (κ1) is 30.0. The highest BCUT2D eigenvalue weighted by molar-refractivity contribution is 7.81. The number of halogens is 1. The van der Waals surface area contributed by atoms with E-state index in [4.69, 9.17) is 21.1 Å². The summed E-state index contributed by atoms with van der Waals surface area (Å²) in [5.74, 6) is 0.752. The van der Waals surface area contributed by atoms with Gasteiger partial charge in [0.05, 0.1) is 41.4 Å². The molecule has 2 aliphatic heterocycles. The third-order valence-corrected chi connectivity index (χ3v) is 8.56. The summed E-state index contributed by atoms with van der Waals surface area (Å²) in [6, 6.07) is 4.23. The Labute approximate surface area is 243 Å². The van der Waals surface area contributed by atoms with Crippen LogP contribution < -0.4 is 25.0 Å². The molecule has 2 fully saturated rings. The summed E-state index contributed by atoms with van der Waals surface area (Å²) in [4.78, 5) is 25.7. The van der Waals surface area contributed by atoms with Gasteiger partial charge in [-0.1, -0.05) is 18.2 Å². The van der Waals surface area contributed by atoms with Gasteiger partial charge in [0, 0.05) is 44.5 Å². The van der Waals surface area contributed by atoms with E-state index >= 15 is 0 Å². The summed E-state index contributed by atoms with van der Waals surface area (Å²) in [5, 5.41) is 6.41. The van der Waals surface area contributed by atoms with Crippen molar-refractivity contribution in [2.75, 3.05) is 69.2 Å². The van der Waals surface area contributed by atoms with Gasteiger partial charge >= 0.3 is 0 Å². The SMILES string of the molecule is C=CC(=O)Nc1cc(Nc2ncc(Cl)c(OC3CCCN(S(C)=O)C3)n2)c(OC)cc1N1CCC(N(C)C)CC1. The van der Waals surface area contributed by atoms with Crippen LogP contribution in [0.2, 0.25) is 5.02 Å². The molecule has 0 spiro atoms. The number of hydrogen-bond acceptors (Lipinski definition) is 9. The summed E-state index contributed by atoms with van der Waals surface area (Å²) in [7, 11) is 4.73. The summed E-state index contributed by atoms with van der Waals surface area (Å²) < 4.78 is 25.6. The maximum atomic E-state index is 12.3. The fraction of sp³-hybridized carbons (Fsp3) is 0.519. The minimum absolute atomic E-state index is 0.191. The van der Waals surface area contributed by atoms with Gasteiger partial charge in [-0.15, -0.1) is 0 Å². The van der Waals surface area contributed by atoms with Crippen LogP contribution in [0, 0.1) is 0 Å². The Kier molecular flexibility index (Phi) is 10.2. The molecule has 4 rings (SSSR count). The lowest BCUT2D eigenvalue weighted by atomic mass is 10.0. The first-order valence-electron chi connectivity index (χ1n) is 13.3. The maximum absolute atomic E-state index is 12.3. The zero-order valence-corrected chi connectivity index (χ0v) is 25.1. The highest BCUT2D eigenvalue weighted by atomic mass is 35.5. The molecule has 3 heterocycles. The lowest BCUT2D eigenvalue weighted by Gasteiger charge is -2.37. The van der Waals surface area contributed by atoms with Crippen LogP contribution in [0.1, 0.15) is 25.7 Å². The summed E-state index contributed by atoms with van der Waals surface area (Å²) in [6.45, 7) is 6.58. The minimum atomic E-state index is -1.07. The van der Waals surface area contributed by atoms with Crippen LogP contribution in [-0.2, 0) is 15.8 Å². The number of carbonyl (C=O) groups excluding carboxylic acids is 1. The van der Waals surface area contributed by atoms with Gasteiger partial charge < -0.3 is 29.9 Å². The zero-order valence-electron chi connectivity index (χ0n) is 23.5. The lowest BCUT2D eigenvalue weighted by Crippen LogP contribution is -2.42. The normalized spacial score (nSPS) is 19.2. The van der Waals surface area contributed by atoms with Crippen molar-refractivity contribution in [3.05, 3.63) is 36.0 Å². The topological polar surface area (TPSA) is 112 Å². The highest BCUT2D eigenvalue weighted by Gasteiger charge is 2.26. The van der Waals surface area contributed by atoms with Crippen LogP contribution in [0.25, 0.3) is 0 Å². The molecule has 0 radical (unpaired) electrons. The van der Waals surface area contributed by atoms with E-state index in [-0.39, 0.29) is 28.9 Å². The molecule has 1 aromatic carbocycles. The largest absolute Gasteiger partial charge is 0.494 e. The molecule has 0 bridgehead atoms. The molecule has 11 nitrogen and oxygen atoms in total. The monoisotopic (exact) mass is 591 g/mol. The van der Waals surface area contributed by atoms with Gasteiger partial charge in [0.1, 0.15) is 16.9 Å². The molecule has 1 amide bonds. The molecular weight excluding hydrogens is 554 g/mol. The number of rotatable bonds is 10. The molecule has 218 valence electrons. The average molecular weight is 592 g/mol. The number of nitrogens with zero attached hydrogens (tertiary/aromatic N) is 5. The second-order valence-electron chi connectivity index (χ2n) is 10.1. The predicted octanol–water partition coefficient (Wildman–Crippen LogP) is 3.67. The van der Waals surface area contributed by atoms with Crippen molar-refractivity contribution >= 4 is 51.5 Å². The number of hydrogen-bond donors (Lipinski definition) is 2. The summed E-state index contributed by atoms with van der Waals surface area (Å²) >= 11 is 6.37. The number of amides is 1.